The summed E-state index contributed by atoms with van der Waals surface area (Å²) in [6.07, 6.45) is 6.76. The highest BCUT2D eigenvalue weighted by molar-refractivity contribution is 9.10. The van der Waals surface area contributed by atoms with Gasteiger partial charge in [0.15, 0.2) is 0 Å². The first kappa shape index (κ1) is 16.0. The molecule has 3 nitrogen and oxygen atoms in total. The zero-order valence-electron chi connectivity index (χ0n) is 13.1. The molecule has 0 spiro atoms. The van der Waals surface area contributed by atoms with Gasteiger partial charge in [0.1, 0.15) is 0 Å². The van der Waals surface area contributed by atoms with Crippen LogP contribution in [0.1, 0.15) is 37.7 Å². The van der Waals surface area contributed by atoms with Gasteiger partial charge in [0, 0.05) is 23.6 Å². The van der Waals surface area contributed by atoms with E-state index in [1.54, 1.807) is 0 Å². The Morgan fingerprint density at radius 2 is 1.73 bits per heavy atom. The van der Waals surface area contributed by atoms with Crippen LogP contribution < -0.4 is 0 Å². The second kappa shape index (κ2) is 7.60. The van der Waals surface area contributed by atoms with Crippen molar-refractivity contribution in [1.82, 2.24) is 9.80 Å². The van der Waals surface area contributed by atoms with E-state index in [-0.39, 0.29) is 0 Å². The Labute approximate surface area is 141 Å². The molecule has 22 heavy (non-hydrogen) atoms. The summed E-state index contributed by atoms with van der Waals surface area (Å²) in [5.41, 5.74) is 1.11. The molecule has 3 rings (SSSR count). The first-order valence-electron chi connectivity index (χ1n) is 8.48. The van der Waals surface area contributed by atoms with Gasteiger partial charge in [-0.1, -0.05) is 28.1 Å². The summed E-state index contributed by atoms with van der Waals surface area (Å²) in [6.45, 7) is 4.44. The number of likely N-dealkylation sites (tertiary alicyclic amines) is 2. The fraction of sp³-hybridized carbons (Fsp3) is 0.611. The van der Waals surface area contributed by atoms with Crippen LogP contribution >= 0.6 is 15.9 Å². The topological polar surface area (TPSA) is 23.6 Å². The van der Waals surface area contributed by atoms with Crippen LogP contribution in [0.4, 0.5) is 0 Å². The molecule has 2 aliphatic rings. The van der Waals surface area contributed by atoms with Crippen LogP contribution in [0.2, 0.25) is 0 Å². The first-order chi connectivity index (χ1) is 10.7. The summed E-state index contributed by atoms with van der Waals surface area (Å²) in [5.74, 6) is 0.297. The van der Waals surface area contributed by atoms with E-state index < -0.39 is 0 Å². The summed E-state index contributed by atoms with van der Waals surface area (Å²) in [7, 11) is 0. The largest absolute Gasteiger partial charge is 0.338 e. The number of hydrogen-bond donors (Lipinski definition) is 0. The number of nitrogens with zero attached hydrogens (tertiary/aromatic N) is 2. The molecular weight excluding hydrogens is 340 g/mol. The lowest BCUT2D eigenvalue weighted by molar-refractivity contribution is -0.134. The van der Waals surface area contributed by atoms with Gasteiger partial charge in [-0.25, -0.2) is 0 Å². The molecule has 0 unspecified atom stereocenters. The number of piperidine rings is 1. The van der Waals surface area contributed by atoms with Gasteiger partial charge in [-0.05, 0) is 62.9 Å². The van der Waals surface area contributed by atoms with Gasteiger partial charge in [-0.3, -0.25) is 4.79 Å². The molecule has 0 aromatic heterocycles. The Morgan fingerprint density at radius 3 is 2.45 bits per heavy atom. The predicted molar refractivity (Wildman–Crippen MR) is 92.9 cm³/mol. The molecule has 0 radical (unpaired) electrons. The van der Waals surface area contributed by atoms with Crippen LogP contribution in [0.5, 0.6) is 0 Å². The van der Waals surface area contributed by atoms with Gasteiger partial charge in [-0.15, -0.1) is 0 Å². The number of carbonyl (C=O) groups excluding carboxylic acids is 1. The van der Waals surface area contributed by atoms with Crippen molar-refractivity contribution < 1.29 is 4.79 Å². The molecule has 0 saturated carbocycles. The Hall–Kier alpha value is -0.870. The third kappa shape index (κ3) is 4.11. The minimum Gasteiger partial charge on any atom is -0.338 e. The van der Waals surface area contributed by atoms with Crippen LogP contribution in [-0.4, -0.2) is 47.9 Å². The van der Waals surface area contributed by atoms with Gasteiger partial charge in [0.05, 0.1) is 6.42 Å². The molecule has 4 heteroatoms. The van der Waals surface area contributed by atoms with E-state index in [2.05, 4.69) is 25.7 Å². The van der Waals surface area contributed by atoms with Crippen molar-refractivity contribution in [2.45, 2.75) is 44.6 Å². The predicted octanol–water partition coefficient (Wildman–Crippen LogP) is 3.47. The number of rotatable bonds is 4. The normalized spacial score (nSPS) is 23.0. The van der Waals surface area contributed by atoms with E-state index >= 15 is 0 Å². The summed E-state index contributed by atoms with van der Waals surface area (Å²) in [6, 6.07) is 8.54. The standard InChI is InChI=1S/C18H25BrN2O/c19-16-8-6-15(7-9-16)13-18(22)21-12-2-1-5-17(21)14-20-10-3-4-11-20/h6-9,17H,1-5,10-14H2/t17-/m1/s1. The summed E-state index contributed by atoms with van der Waals surface area (Å²) in [4.78, 5) is 17.4. The third-order valence-corrected chi connectivity index (χ3v) is 5.41. The molecule has 1 aromatic carbocycles. The highest BCUT2D eigenvalue weighted by atomic mass is 79.9. The molecule has 2 fully saturated rings. The van der Waals surface area contributed by atoms with Gasteiger partial charge < -0.3 is 9.80 Å². The lowest BCUT2D eigenvalue weighted by Crippen LogP contribution is -2.49. The van der Waals surface area contributed by atoms with Crippen LogP contribution in [0.25, 0.3) is 0 Å². The molecular formula is C18H25BrN2O. The molecule has 0 N–H and O–H groups in total. The molecule has 0 aliphatic carbocycles. The maximum Gasteiger partial charge on any atom is 0.227 e. The SMILES string of the molecule is O=C(Cc1ccc(Br)cc1)N1CCCC[C@@H]1CN1CCCC1. The summed E-state index contributed by atoms with van der Waals surface area (Å²) < 4.78 is 1.06. The monoisotopic (exact) mass is 364 g/mol. The average Bonchev–Trinajstić information content (AvgIpc) is 3.03. The third-order valence-electron chi connectivity index (χ3n) is 4.88. The van der Waals surface area contributed by atoms with Crippen LogP contribution in [0.15, 0.2) is 28.7 Å². The second-order valence-electron chi connectivity index (χ2n) is 6.55. The van der Waals surface area contributed by atoms with Crippen molar-refractivity contribution in [3.05, 3.63) is 34.3 Å². The molecule has 1 amide bonds. The van der Waals surface area contributed by atoms with Crippen molar-refractivity contribution in [3.63, 3.8) is 0 Å². The quantitative estimate of drug-likeness (QED) is 0.816. The lowest BCUT2D eigenvalue weighted by Gasteiger charge is -2.38. The Kier molecular flexibility index (Phi) is 5.53. The smallest absolute Gasteiger partial charge is 0.227 e. The number of amides is 1. The Balaban J connectivity index is 1.61. The molecule has 1 atom stereocenters. The van der Waals surface area contributed by atoms with Crippen LogP contribution in [0, 0.1) is 0 Å². The maximum atomic E-state index is 12.7. The van der Waals surface area contributed by atoms with E-state index in [0.717, 1.165) is 29.5 Å². The average molecular weight is 365 g/mol. The molecule has 120 valence electrons. The van der Waals surface area contributed by atoms with E-state index in [1.165, 1.54) is 38.8 Å². The first-order valence-corrected chi connectivity index (χ1v) is 9.28. The van der Waals surface area contributed by atoms with Crippen molar-refractivity contribution in [1.29, 1.82) is 0 Å². The fourth-order valence-electron chi connectivity index (χ4n) is 3.66. The van der Waals surface area contributed by atoms with Gasteiger partial charge in [0.2, 0.25) is 5.91 Å². The van der Waals surface area contributed by atoms with Gasteiger partial charge in [-0.2, -0.15) is 0 Å². The van der Waals surface area contributed by atoms with E-state index in [0.29, 0.717) is 18.4 Å². The van der Waals surface area contributed by atoms with Crippen LogP contribution in [0.3, 0.4) is 0 Å². The summed E-state index contributed by atoms with van der Waals surface area (Å²) in [5, 5.41) is 0. The number of halogens is 1. The van der Waals surface area contributed by atoms with Crippen molar-refractivity contribution in [3.8, 4) is 0 Å². The number of carbonyl (C=O) groups is 1. The second-order valence-corrected chi connectivity index (χ2v) is 7.46. The van der Waals surface area contributed by atoms with Crippen molar-refractivity contribution in [2.24, 2.45) is 0 Å². The number of hydrogen-bond acceptors (Lipinski definition) is 2. The molecule has 2 aliphatic heterocycles. The maximum absolute atomic E-state index is 12.7. The Morgan fingerprint density at radius 1 is 1.05 bits per heavy atom. The van der Waals surface area contributed by atoms with Gasteiger partial charge in [0.25, 0.3) is 0 Å². The van der Waals surface area contributed by atoms with E-state index in [1.807, 2.05) is 24.3 Å². The molecule has 1 aromatic rings. The number of benzene rings is 1. The highest BCUT2D eigenvalue weighted by Gasteiger charge is 2.28. The van der Waals surface area contributed by atoms with Gasteiger partial charge >= 0.3 is 0 Å². The fourth-order valence-corrected chi connectivity index (χ4v) is 3.92. The molecule has 2 saturated heterocycles. The molecule has 0 bridgehead atoms. The minimum atomic E-state index is 0.297. The van der Waals surface area contributed by atoms with Crippen LogP contribution in [-0.2, 0) is 11.2 Å². The summed E-state index contributed by atoms with van der Waals surface area (Å²) >= 11 is 3.45. The zero-order valence-corrected chi connectivity index (χ0v) is 14.7. The minimum absolute atomic E-state index is 0.297. The molecule has 2 heterocycles. The van der Waals surface area contributed by atoms with Crippen molar-refractivity contribution in [2.75, 3.05) is 26.2 Å². The highest BCUT2D eigenvalue weighted by Crippen LogP contribution is 2.21. The lowest BCUT2D eigenvalue weighted by atomic mass is 10.00. The Bertz CT molecular complexity index is 496. The van der Waals surface area contributed by atoms with Crippen molar-refractivity contribution >= 4 is 21.8 Å². The zero-order chi connectivity index (χ0) is 15.4. The van der Waals surface area contributed by atoms with E-state index in [9.17, 15) is 4.79 Å². The van der Waals surface area contributed by atoms with E-state index in [4.69, 9.17) is 0 Å².